The molecule has 0 atom stereocenters. The van der Waals surface area contributed by atoms with Crippen molar-refractivity contribution in [3.63, 3.8) is 0 Å². The van der Waals surface area contributed by atoms with Crippen molar-refractivity contribution in [3.8, 4) is 11.5 Å². The van der Waals surface area contributed by atoms with E-state index in [0.29, 0.717) is 29.8 Å². The molecule has 0 spiro atoms. The zero-order chi connectivity index (χ0) is 16.8. The van der Waals surface area contributed by atoms with Crippen LogP contribution in [0.1, 0.15) is 12.1 Å². The second-order valence-electron chi connectivity index (χ2n) is 5.04. The van der Waals surface area contributed by atoms with Gasteiger partial charge in [-0.1, -0.05) is 11.8 Å². The number of thioether (sulfide) groups is 1. The summed E-state index contributed by atoms with van der Waals surface area (Å²) in [5.74, 6) is 1.07. The molecule has 3 aromatic rings. The third-order valence-electron chi connectivity index (χ3n) is 3.27. The lowest BCUT2D eigenvalue weighted by Crippen LogP contribution is -2.26. The van der Waals surface area contributed by atoms with Crippen molar-refractivity contribution in [2.75, 3.05) is 12.8 Å². The van der Waals surface area contributed by atoms with Gasteiger partial charge in [-0.3, -0.25) is 14.9 Å². The van der Waals surface area contributed by atoms with E-state index in [4.69, 9.17) is 4.42 Å². The topological polar surface area (TPSA) is 101 Å². The smallest absolute Gasteiger partial charge is 0.276 e. The molecular weight excluding hydrogens is 328 g/mol. The first-order chi connectivity index (χ1) is 11.7. The summed E-state index contributed by atoms with van der Waals surface area (Å²) in [5, 5.41) is 15.1. The van der Waals surface area contributed by atoms with Gasteiger partial charge in [0.2, 0.25) is 11.8 Å². The number of rotatable bonds is 7. The molecule has 3 rings (SSSR count). The van der Waals surface area contributed by atoms with Gasteiger partial charge in [-0.25, -0.2) is 0 Å². The van der Waals surface area contributed by atoms with Crippen LogP contribution in [0.25, 0.3) is 11.5 Å². The largest absolute Gasteiger partial charge is 0.411 e. The Bertz CT molecular complexity index is 774. The van der Waals surface area contributed by atoms with Crippen LogP contribution < -0.4 is 0 Å². The molecule has 8 nitrogen and oxygen atoms in total. The van der Waals surface area contributed by atoms with Crippen molar-refractivity contribution in [2.24, 2.45) is 0 Å². The highest BCUT2D eigenvalue weighted by atomic mass is 32.2. The van der Waals surface area contributed by atoms with Crippen molar-refractivity contribution in [3.05, 3.63) is 42.5 Å². The SMILES string of the molecule is CN(Cc1ccn[nH]1)C(=O)CCSc1nnc(-c2ccncc2)o1. The van der Waals surface area contributed by atoms with Crippen LogP contribution in [0.3, 0.4) is 0 Å². The Balaban J connectivity index is 1.46. The monoisotopic (exact) mass is 344 g/mol. The zero-order valence-electron chi connectivity index (χ0n) is 13.0. The minimum atomic E-state index is 0.0472. The van der Waals surface area contributed by atoms with Gasteiger partial charge in [-0.2, -0.15) is 5.10 Å². The Morgan fingerprint density at radius 3 is 2.83 bits per heavy atom. The normalized spacial score (nSPS) is 10.7. The van der Waals surface area contributed by atoms with E-state index in [1.807, 2.05) is 6.07 Å². The number of amides is 1. The van der Waals surface area contributed by atoms with Crippen LogP contribution in [-0.2, 0) is 11.3 Å². The Kier molecular flexibility index (Phi) is 5.22. The molecule has 0 aliphatic rings. The quantitative estimate of drug-likeness (QED) is 0.654. The van der Waals surface area contributed by atoms with Gasteiger partial charge in [-0.15, -0.1) is 10.2 Å². The highest BCUT2D eigenvalue weighted by Gasteiger charge is 2.12. The molecule has 0 saturated carbocycles. The van der Waals surface area contributed by atoms with Crippen molar-refractivity contribution in [2.45, 2.75) is 18.2 Å². The molecule has 1 amide bonds. The first-order valence-corrected chi connectivity index (χ1v) is 8.30. The van der Waals surface area contributed by atoms with Crippen molar-refractivity contribution in [1.82, 2.24) is 30.3 Å². The van der Waals surface area contributed by atoms with Crippen LogP contribution in [0.15, 0.2) is 46.4 Å². The molecule has 24 heavy (non-hydrogen) atoms. The number of nitrogens with zero attached hydrogens (tertiary/aromatic N) is 5. The maximum atomic E-state index is 12.1. The van der Waals surface area contributed by atoms with E-state index in [9.17, 15) is 4.79 Å². The number of hydrogen-bond donors (Lipinski definition) is 1. The fourth-order valence-corrected chi connectivity index (χ4v) is 2.70. The molecule has 0 unspecified atom stereocenters. The number of nitrogens with one attached hydrogen (secondary N) is 1. The van der Waals surface area contributed by atoms with Crippen LogP contribution in [-0.4, -0.2) is 49.0 Å². The number of H-pyrrole nitrogens is 1. The average Bonchev–Trinajstić information content (AvgIpc) is 3.27. The predicted molar refractivity (Wildman–Crippen MR) is 87.9 cm³/mol. The highest BCUT2D eigenvalue weighted by molar-refractivity contribution is 7.99. The van der Waals surface area contributed by atoms with Gasteiger partial charge in [0, 0.05) is 43.4 Å². The summed E-state index contributed by atoms with van der Waals surface area (Å²) in [6.45, 7) is 0.510. The third-order valence-corrected chi connectivity index (χ3v) is 4.09. The summed E-state index contributed by atoms with van der Waals surface area (Å²) in [4.78, 5) is 17.7. The van der Waals surface area contributed by atoms with Crippen molar-refractivity contribution >= 4 is 17.7 Å². The second-order valence-corrected chi connectivity index (χ2v) is 6.09. The number of aromatic amines is 1. The molecule has 0 saturated heterocycles. The minimum absolute atomic E-state index is 0.0472. The molecule has 9 heteroatoms. The molecule has 0 aliphatic heterocycles. The Labute approximate surface area is 142 Å². The molecular formula is C15H16N6O2S. The van der Waals surface area contributed by atoms with Crippen LogP contribution >= 0.6 is 11.8 Å². The zero-order valence-corrected chi connectivity index (χ0v) is 13.9. The van der Waals surface area contributed by atoms with Gasteiger partial charge in [-0.05, 0) is 18.2 Å². The number of pyridine rings is 1. The van der Waals surface area contributed by atoms with E-state index in [-0.39, 0.29) is 5.91 Å². The van der Waals surface area contributed by atoms with Crippen LogP contribution in [0.2, 0.25) is 0 Å². The van der Waals surface area contributed by atoms with E-state index in [2.05, 4.69) is 25.4 Å². The van der Waals surface area contributed by atoms with E-state index >= 15 is 0 Å². The fourth-order valence-electron chi connectivity index (χ4n) is 2.01. The summed E-state index contributed by atoms with van der Waals surface area (Å²) in [7, 11) is 1.77. The summed E-state index contributed by atoms with van der Waals surface area (Å²) in [6.07, 6.45) is 5.39. The lowest BCUT2D eigenvalue weighted by Gasteiger charge is -2.15. The fraction of sp³-hybridized carbons (Fsp3) is 0.267. The molecule has 0 aromatic carbocycles. The maximum absolute atomic E-state index is 12.1. The molecule has 3 aromatic heterocycles. The van der Waals surface area contributed by atoms with Crippen LogP contribution in [0.4, 0.5) is 0 Å². The van der Waals surface area contributed by atoms with Crippen molar-refractivity contribution in [1.29, 1.82) is 0 Å². The van der Waals surface area contributed by atoms with E-state index in [1.54, 1.807) is 42.7 Å². The predicted octanol–water partition coefficient (Wildman–Crippen LogP) is 2.00. The van der Waals surface area contributed by atoms with E-state index < -0.39 is 0 Å². The molecule has 0 fully saturated rings. The summed E-state index contributed by atoms with van der Waals surface area (Å²) < 4.78 is 5.57. The van der Waals surface area contributed by atoms with Gasteiger partial charge >= 0.3 is 0 Å². The van der Waals surface area contributed by atoms with Gasteiger partial charge in [0.15, 0.2) is 0 Å². The van der Waals surface area contributed by atoms with Crippen LogP contribution in [0.5, 0.6) is 0 Å². The lowest BCUT2D eigenvalue weighted by atomic mass is 10.3. The number of aromatic nitrogens is 5. The molecule has 1 N–H and O–H groups in total. The van der Waals surface area contributed by atoms with Crippen LogP contribution in [0, 0.1) is 0 Å². The first-order valence-electron chi connectivity index (χ1n) is 7.31. The van der Waals surface area contributed by atoms with E-state index in [0.717, 1.165) is 11.3 Å². The average molecular weight is 344 g/mol. The maximum Gasteiger partial charge on any atom is 0.276 e. The third kappa shape index (κ3) is 4.19. The standard InChI is InChI=1S/C15H16N6O2S/c1-21(10-12-4-8-17-18-12)13(22)5-9-24-15-20-19-14(23-15)11-2-6-16-7-3-11/h2-4,6-8H,5,9-10H2,1H3,(H,17,18). The number of carbonyl (C=O) groups is 1. The van der Waals surface area contributed by atoms with Gasteiger partial charge < -0.3 is 9.32 Å². The van der Waals surface area contributed by atoms with Gasteiger partial charge in [0.25, 0.3) is 5.22 Å². The second kappa shape index (κ2) is 7.73. The molecule has 0 radical (unpaired) electrons. The highest BCUT2D eigenvalue weighted by Crippen LogP contribution is 2.23. The summed E-state index contributed by atoms with van der Waals surface area (Å²) in [6, 6.07) is 5.45. The Morgan fingerprint density at radius 1 is 1.25 bits per heavy atom. The minimum Gasteiger partial charge on any atom is -0.411 e. The molecule has 3 heterocycles. The lowest BCUT2D eigenvalue weighted by molar-refractivity contribution is -0.130. The van der Waals surface area contributed by atoms with E-state index in [1.165, 1.54) is 11.8 Å². The molecule has 0 bridgehead atoms. The van der Waals surface area contributed by atoms with Gasteiger partial charge in [0.1, 0.15) is 0 Å². The molecule has 124 valence electrons. The Morgan fingerprint density at radius 2 is 2.08 bits per heavy atom. The van der Waals surface area contributed by atoms with Crippen molar-refractivity contribution < 1.29 is 9.21 Å². The summed E-state index contributed by atoms with van der Waals surface area (Å²) in [5.41, 5.74) is 1.72. The number of carbonyl (C=O) groups excluding carboxylic acids is 1. The molecule has 0 aliphatic carbocycles. The first kappa shape index (κ1) is 16.2. The number of hydrogen-bond acceptors (Lipinski definition) is 7. The summed E-state index contributed by atoms with van der Waals surface area (Å²) >= 11 is 1.37. The van der Waals surface area contributed by atoms with Gasteiger partial charge in [0.05, 0.1) is 12.2 Å². The Hall–Kier alpha value is -2.68.